The third-order valence-electron chi connectivity index (χ3n) is 4.51. The van der Waals surface area contributed by atoms with Crippen LogP contribution < -0.4 is 0 Å². The Hall–Kier alpha value is -0.570. The van der Waals surface area contributed by atoms with Crippen molar-refractivity contribution in [2.75, 3.05) is 19.7 Å². The first kappa shape index (κ1) is 15.5. The Kier molecular flexibility index (Phi) is 6.69. The summed E-state index contributed by atoms with van der Waals surface area (Å²) in [5.41, 5.74) is 0.0823. The molecule has 18 heavy (non-hydrogen) atoms. The summed E-state index contributed by atoms with van der Waals surface area (Å²) >= 11 is 0. The summed E-state index contributed by atoms with van der Waals surface area (Å²) in [4.78, 5) is 14.0. The van der Waals surface area contributed by atoms with Crippen LogP contribution >= 0.6 is 0 Å². The summed E-state index contributed by atoms with van der Waals surface area (Å²) in [5, 5.41) is 9.46. The Labute approximate surface area is 112 Å². The van der Waals surface area contributed by atoms with E-state index in [0.29, 0.717) is 12.3 Å². The normalized spacial score (nSPS) is 18.9. The highest BCUT2D eigenvalue weighted by Gasteiger charge is 2.33. The van der Waals surface area contributed by atoms with Crippen molar-refractivity contribution in [3.8, 4) is 0 Å². The number of carbonyl (C=O) groups excluding carboxylic acids is 1. The van der Waals surface area contributed by atoms with Crippen LogP contribution in [0, 0.1) is 5.41 Å². The molecule has 0 atom stereocenters. The zero-order chi connectivity index (χ0) is 13.4. The molecular weight excluding hydrogens is 226 g/mol. The van der Waals surface area contributed by atoms with Crippen LogP contribution in [-0.4, -0.2) is 35.6 Å². The second-order valence-electron chi connectivity index (χ2n) is 5.70. The molecule has 0 saturated carbocycles. The molecule has 3 nitrogen and oxygen atoms in total. The van der Waals surface area contributed by atoms with E-state index >= 15 is 0 Å². The van der Waals surface area contributed by atoms with Gasteiger partial charge in [0.1, 0.15) is 0 Å². The Bertz CT molecular complexity index is 239. The number of amides is 1. The van der Waals surface area contributed by atoms with Gasteiger partial charge in [0.2, 0.25) is 5.91 Å². The van der Waals surface area contributed by atoms with E-state index in [0.717, 1.165) is 38.8 Å². The summed E-state index contributed by atoms with van der Waals surface area (Å²) in [6, 6.07) is 0. The summed E-state index contributed by atoms with van der Waals surface area (Å²) in [5.74, 6) is 0.314. The lowest BCUT2D eigenvalue weighted by Crippen LogP contribution is -2.44. The number of piperidine rings is 1. The maximum atomic E-state index is 12.0. The Morgan fingerprint density at radius 2 is 1.83 bits per heavy atom. The average molecular weight is 255 g/mol. The van der Waals surface area contributed by atoms with Crippen molar-refractivity contribution < 1.29 is 9.90 Å². The summed E-state index contributed by atoms with van der Waals surface area (Å²) in [7, 11) is 0. The molecule has 0 aliphatic carbocycles. The fraction of sp³-hybridized carbons (Fsp3) is 0.933. The van der Waals surface area contributed by atoms with Crippen LogP contribution in [0.15, 0.2) is 0 Å². The number of hydrogen-bond donors (Lipinski definition) is 1. The zero-order valence-electron chi connectivity index (χ0n) is 12.1. The van der Waals surface area contributed by atoms with Gasteiger partial charge in [-0.1, -0.05) is 33.1 Å². The molecule has 3 heteroatoms. The number of unbranched alkanes of at least 4 members (excludes halogenated alkanes) is 3. The van der Waals surface area contributed by atoms with Gasteiger partial charge in [-0.2, -0.15) is 0 Å². The topological polar surface area (TPSA) is 40.5 Å². The number of carbonyl (C=O) groups is 1. The molecule has 1 fully saturated rings. The third kappa shape index (κ3) is 4.27. The molecule has 1 N–H and O–H groups in total. The summed E-state index contributed by atoms with van der Waals surface area (Å²) in [6.07, 6.45) is 8.29. The number of aliphatic hydroxyl groups excluding tert-OH is 1. The van der Waals surface area contributed by atoms with Crippen LogP contribution in [0.2, 0.25) is 0 Å². The van der Waals surface area contributed by atoms with Gasteiger partial charge in [0.15, 0.2) is 0 Å². The van der Waals surface area contributed by atoms with Gasteiger partial charge in [-0.05, 0) is 31.1 Å². The van der Waals surface area contributed by atoms with Crippen LogP contribution in [0.3, 0.4) is 0 Å². The molecule has 0 aromatic rings. The van der Waals surface area contributed by atoms with E-state index in [-0.39, 0.29) is 12.0 Å². The molecule has 0 bridgehead atoms. The van der Waals surface area contributed by atoms with E-state index in [2.05, 4.69) is 13.8 Å². The van der Waals surface area contributed by atoms with E-state index in [1.807, 2.05) is 4.90 Å². The Balaban J connectivity index is 2.27. The number of rotatable bonds is 7. The highest BCUT2D eigenvalue weighted by Crippen LogP contribution is 2.34. The molecule has 1 amide bonds. The Morgan fingerprint density at radius 1 is 1.17 bits per heavy atom. The lowest BCUT2D eigenvalue weighted by Gasteiger charge is -2.40. The third-order valence-corrected chi connectivity index (χ3v) is 4.51. The maximum absolute atomic E-state index is 12.0. The number of nitrogens with zero attached hydrogens (tertiary/aromatic N) is 1. The quantitative estimate of drug-likeness (QED) is 0.711. The van der Waals surface area contributed by atoms with Gasteiger partial charge >= 0.3 is 0 Å². The van der Waals surface area contributed by atoms with Crippen molar-refractivity contribution in [3.63, 3.8) is 0 Å². The molecule has 0 unspecified atom stereocenters. The second kappa shape index (κ2) is 7.78. The molecule has 0 aromatic carbocycles. The number of aliphatic hydroxyl groups is 1. The van der Waals surface area contributed by atoms with Crippen molar-refractivity contribution >= 4 is 5.91 Å². The van der Waals surface area contributed by atoms with Crippen LogP contribution in [0.1, 0.15) is 65.2 Å². The lowest BCUT2D eigenvalue weighted by atomic mass is 9.77. The smallest absolute Gasteiger partial charge is 0.222 e. The fourth-order valence-electron chi connectivity index (χ4n) is 2.72. The molecule has 1 aliphatic rings. The summed E-state index contributed by atoms with van der Waals surface area (Å²) in [6.45, 7) is 6.26. The first-order valence-electron chi connectivity index (χ1n) is 7.56. The van der Waals surface area contributed by atoms with E-state index in [1.54, 1.807) is 0 Å². The van der Waals surface area contributed by atoms with Crippen molar-refractivity contribution in [1.82, 2.24) is 4.90 Å². The zero-order valence-corrected chi connectivity index (χ0v) is 12.1. The molecule has 0 spiro atoms. The first-order chi connectivity index (χ1) is 8.67. The second-order valence-corrected chi connectivity index (χ2v) is 5.70. The highest BCUT2D eigenvalue weighted by molar-refractivity contribution is 5.76. The molecule has 1 aliphatic heterocycles. The fourth-order valence-corrected chi connectivity index (χ4v) is 2.72. The predicted molar refractivity (Wildman–Crippen MR) is 74.4 cm³/mol. The van der Waals surface area contributed by atoms with Gasteiger partial charge in [-0.15, -0.1) is 0 Å². The average Bonchev–Trinajstić information content (AvgIpc) is 2.43. The van der Waals surface area contributed by atoms with Crippen LogP contribution in [0.5, 0.6) is 0 Å². The molecule has 1 rings (SSSR count). The molecule has 1 heterocycles. The first-order valence-corrected chi connectivity index (χ1v) is 7.56. The standard InChI is InChI=1S/C15H29NO2/c1-3-5-6-7-8-14(18)16-11-9-15(4-2,13-17)10-12-16/h17H,3-13H2,1-2H3. The maximum Gasteiger partial charge on any atom is 0.222 e. The molecular formula is C15H29NO2. The molecule has 0 radical (unpaired) electrons. The van der Waals surface area contributed by atoms with Gasteiger partial charge in [-0.25, -0.2) is 0 Å². The van der Waals surface area contributed by atoms with Crippen molar-refractivity contribution in [3.05, 3.63) is 0 Å². The number of likely N-dealkylation sites (tertiary alicyclic amines) is 1. The van der Waals surface area contributed by atoms with Crippen LogP contribution in [-0.2, 0) is 4.79 Å². The summed E-state index contributed by atoms with van der Waals surface area (Å²) < 4.78 is 0. The van der Waals surface area contributed by atoms with E-state index in [1.165, 1.54) is 19.3 Å². The van der Waals surface area contributed by atoms with Gasteiger partial charge in [0.25, 0.3) is 0 Å². The van der Waals surface area contributed by atoms with Gasteiger partial charge < -0.3 is 10.0 Å². The van der Waals surface area contributed by atoms with Gasteiger partial charge in [0, 0.05) is 26.1 Å². The molecule has 106 valence electrons. The minimum Gasteiger partial charge on any atom is -0.396 e. The van der Waals surface area contributed by atoms with E-state index in [4.69, 9.17) is 0 Å². The Morgan fingerprint density at radius 3 is 2.33 bits per heavy atom. The van der Waals surface area contributed by atoms with Gasteiger partial charge in [-0.3, -0.25) is 4.79 Å². The van der Waals surface area contributed by atoms with Gasteiger partial charge in [0.05, 0.1) is 0 Å². The minimum atomic E-state index is 0.0823. The highest BCUT2D eigenvalue weighted by atomic mass is 16.3. The van der Waals surface area contributed by atoms with Crippen molar-refractivity contribution in [2.45, 2.75) is 65.2 Å². The van der Waals surface area contributed by atoms with E-state index in [9.17, 15) is 9.90 Å². The molecule has 1 saturated heterocycles. The molecule has 0 aromatic heterocycles. The van der Waals surface area contributed by atoms with Crippen LogP contribution in [0.25, 0.3) is 0 Å². The SMILES string of the molecule is CCCCCCC(=O)N1CCC(CC)(CO)CC1. The largest absolute Gasteiger partial charge is 0.396 e. The minimum absolute atomic E-state index is 0.0823. The lowest BCUT2D eigenvalue weighted by molar-refractivity contribution is -0.134. The monoisotopic (exact) mass is 255 g/mol. The predicted octanol–water partition coefficient (Wildman–Crippen LogP) is 2.97. The van der Waals surface area contributed by atoms with Crippen molar-refractivity contribution in [2.24, 2.45) is 5.41 Å². The van der Waals surface area contributed by atoms with E-state index < -0.39 is 0 Å². The van der Waals surface area contributed by atoms with Crippen LogP contribution in [0.4, 0.5) is 0 Å². The van der Waals surface area contributed by atoms with Crippen molar-refractivity contribution in [1.29, 1.82) is 0 Å². The number of hydrogen-bond acceptors (Lipinski definition) is 2.